The molecule has 0 amide bonds. The van der Waals surface area contributed by atoms with Gasteiger partial charge in [0.15, 0.2) is 5.78 Å². The first-order valence-electron chi connectivity index (χ1n) is 2.94. The molecule has 2 atom stereocenters. The Morgan fingerprint density at radius 2 is 2.25 bits per heavy atom. The molecule has 2 heteroatoms. The van der Waals surface area contributed by atoms with Gasteiger partial charge in [0.2, 0.25) is 0 Å². The Kier molecular flexibility index (Phi) is 1.34. The summed E-state index contributed by atoms with van der Waals surface area (Å²) in [6, 6.07) is 0. The molecule has 1 saturated heterocycles. The van der Waals surface area contributed by atoms with Crippen LogP contribution in [0.1, 0.15) is 20.3 Å². The molecule has 0 radical (unpaired) electrons. The molecule has 1 aliphatic heterocycles. The summed E-state index contributed by atoms with van der Waals surface area (Å²) in [5.41, 5.74) is 0. The van der Waals surface area contributed by atoms with Gasteiger partial charge < -0.3 is 4.74 Å². The number of hydrogen-bond donors (Lipinski definition) is 0. The van der Waals surface area contributed by atoms with Crippen LogP contribution in [0.5, 0.6) is 0 Å². The predicted molar refractivity (Wildman–Crippen MR) is 29.6 cm³/mol. The molecule has 8 heavy (non-hydrogen) atoms. The summed E-state index contributed by atoms with van der Waals surface area (Å²) in [5, 5.41) is 0. The lowest BCUT2D eigenvalue weighted by molar-refractivity contribution is -0.119. The zero-order chi connectivity index (χ0) is 6.15. The average molecular weight is 114 g/mol. The Hall–Kier alpha value is -0.370. The second-order valence-electron chi connectivity index (χ2n) is 2.08. The van der Waals surface area contributed by atoms with Crippen molar-refractivity contribution < 1.29 is 9.53 Å². The number of ether oxygens (including phenoxy) is 1. The molecular weight excluding hydrogens is 104 g/mol. The lowest BCUT2D eigenvalue weighted by Gasteiger charge is -1.83. The minimum atomic E-state index is -0.0556. The van der Waals surface area contributed by atoms with Crippen LogP contribution in [-0.4, -0.2) is 18.0 Å². The number of epoxide rings is 1. The standard InChI is InChI=1S/C6H10O2/c1-3-5(7)6-4(2)8-6/h4,6H,3H2,1-2H3/t4-,6+/m0/s1. The van der Waals surface area contributed by atoms with E-state index in [0.717, 1.165) is 0 Å². The van der Waals surface area contributed by atoms with E-state index in [2.05, 4.69) is 0 Å². The van der Waals surface area contributed by atoms with Crippen molar-refractivity contribution in [2.75, 3.05) is 0 Å². The summed E-state index contributed by atoms with van der Waals surface area (Å²) >= 11 is 0. The highest BCUT2D eigenvalue weighted by Gasteiger charge is 2.39. The largest absolute Gasteiger partial charge is 0.362 e. The molecule has 46 valence electrons. The van der Waals surface area contributed by atoms with Crippen LogP contribution in [-0.2, 0) is 9.53 Å². The number of Topliss-reactive ketones (excluding diaryl/α,β-unsaturated/α-hetero) is 1. The van der Waals surface area contributed by atoms with Gasteiger partial charge in [0.25, 0.3) is 0 Å². The molecule has 1 aliphatic rings. The molecule has 2 nitrogen and oxygen atoms in total. The first kappa shape index (κ1) is 5.76. The van der Waals surface area contributed by atoms with Gasteiger partial charge >= 0.3 is 0 Å². The molecule has 1 fully saturated rings. The lowest BCUT2D eigenvalue weighted by atomic mass is 10.2. The van der Waals surface area contributed by atoms with Gasteiger partial charge in [0.05, 0.1) is 6.10 Å². The fourth-order valence-electron chi connectivity index (χ4n) is 0.725. The summed E-state index contributed by atoms with van der Waals surface area (Å²) in [6.07, 6.45) is 0.747. The topological polar surface area (TPSA) is 29.6 Å². The van der Waals surface area contributed by atoms with Gasteiger partial charge in [-0.05, 0) is 6.92 Å². The van der Waals surface area contributed by atoms with Crippen molar-refractivity contribution >= 4 is 5.78 Å². The Balaban J connectivity index is 2.28. The van der Waals surface area contributed by atoms with Crippen molar-refractivity contribution in [1.29, 1.82) is 0 Å². The van der Waals surface area contributed by atoms with E-state index < -0.39 is 0 Å². The molecule has 1 heterocycles. The molecule has 0 aromatic rings. The van der Waals surface area contributed by atoms with E-state index in [4.69, 9.17) is 4.74 Å². The summed E-state index contributed by atoms with van der Waals surface area (Å²) in [4.78, 5) is 10.7. The summed E-state index contributed by atoms with van der Waals surface area (Å²) < 4.78 is 4.92. The molecule has 0 unspecified atom stereocenters. The Labute approximate surface area is 48.8 Å². The van der Waals surface area contributed by atoms with Gasteiger partial charge in [-0.15, -0.1) is 0 Å². The average Bonchev–Trinajstić information content (AvgIpc) is 2.45. The van der Waals surface area contributed by atoms with Crippen molar-refractivity contribution in [1.82, 2.24) is 0 Å². The maximum atomic E-state index is 10.7. The summed E-state index contributed by atoms with van der Waals surface area (Å²) in [7, 11) is 0. The van der Waals surface area contributed by atoms with Crippen molar-refractivity contribution in [3.8, 4) is 0 Å². The van der Waals surface area contributed by atoms with E-state index >= 15 is 0 Å². The van der Waals surface area contributed by atoms with Gasteiger partial charge in [-0.25, -0.2) is 0 Å². The number of rotatable bonds is 2. The van der Waals surface area contributed by atoms with Crippen molar-refractivity contribution in [2.45, 2.75) is 32.5 Å². The Bertz CT molecular complexity index is 109. The van der Waals surface area contributed by atoms with Gasteiger partial charge in [-0.2, -0.15) is 0 Å². The zero-order valence-electron chi connectivity index (χ0n) is 5.18. The van der Waals surface area contributed by atoms with Crippen LogP contribution in [0.4, 0.5) is 0 Å². The van der Waals surface area contributed by atoms with Crippen LogP contribution < -0.4 is 0 Å². The van der Waals surface area contributed by atoms with Crippen molar-refractivity contribution in [3.63, 3.8) is 0 Å². The molecule has 0 aromatic heterocycles. The van der Waals surface area contributed by atoms with E-state index in [0.29, 0.717) is 6.42 Å². The maximum Gasteiger partial charge on any atom is 0.163 e. The highest BCUT2D eigenvalue weighted by Crippen LogP contribution is 2.22. The lowest BCUT2D eigenvalue weighted by Crippen LogP contribution is -2.05. The van der Waals surface area contributed by atoms with Gasteiger partial charge in [0.1, 0.15) is 6.10 Å². The fourth-order valence-corrected chi connectivity index (χ4v) is 0.725. The monoisotopic (exact) mass is 114 g/mol. The minimum absolute atomic E-state index is 0.0556. The van der Waals surface area contributed by atoms with E-state index in [1.54, 1.807) is 0 Å². The quantitative estimate of drug-likeness (QED) is 0.496. The second kappa shape index (κ2) is 1.86. The number of hydrogen-bond acceptors (Lipinski definition) is 2. The van der Waals surface area contributed by atoms with Crippen molar-refractivity contribution in [2.24, 2.45) is 0 Å². The highest BCUT2D eigenvalue weighted by atomic mass is 16.6. The Morgan fingerprint density at radius 3 is 2.38 bits per heavy atom. The van der Waals surface area contributed by atoms with E-state index in [-0.39, 0.29) is 18.0 Å². The van der Waals surface area contributed by atoms with Crippen LogP contribution in [0.25, 0.3) is 0 Å². The van der Waals surface area contributed by atoms with Crippen LogP contribution in [0, 0.1) is 0 Å². The first-order valence-corrected chi connectivity index (χ1v) is 2.94. The van der Waals surface area contributed by atoms with E-state index in [1.165, 1.54) is 0 Å². The Morgan fingerprint density at radius 1 is 1.75 bits per heavy atom. The van der Waals surface area contributed by atoms with Crippen molar-refractivity contribution in [3.05, 3.63) is 0 Å². The van der Waals surface area contributed by atoms with Crippen LogP contribution in [0.15, 0.2) is 0 Å². The molecule has 0 N–H and O–H groups in total. The second-order valence-corrected chi connectivity index (χ2v) is 2.08. The first-order chi connectivity index (χ1) is 3.75. The van der Waals surface area contributed by atoms with Crippen LogP contribution in [0.2, 0.25) is 0 Å². The molecule has 0 bridgehead atoms. The van der Waals surface area contributed by atoms with Crippen LogP contribution >= 0.6 is 0 Å². The molecule has 1 rings (SSSR count). The van der Waals surface area contributed by atoms with Gasteiger partial charge in [0, 0.05) is 6.42 Å². The molecule has 0 spiro atoms. The van der Waals surface area contributed by atoms with Gasteiger partial charge in [-0.3, -0.25) is 4.79 Å². The minimum Gasteiger partial charge on any atom is -0.362 e. The normalized spacial score (nSPS) is 34.8. The summed E-state index contributed by atoms with van der Waals surface area (Å²) in [5.74, 6) is 0.234. The van der Waals surface area contributed by atoms with E-state index in [9.17, 15) is 4.79 Å². The van der Waals surface area contributed by atoms with Crippen LogP contribution in [0.3, 0.4) is 0 Å². The fraction of sp³-hybridized carbons (Fsp3) is 0.833. The van der Waals surface area contributed by atoms with Gasteiger partial charge in [-0.1, -0.05) is 6.92 Å². The predicted octanol–water partition coefficient (Wildman–Crippen LogP) is 0.753. The SMILES string of the molecule is CCC(=O)[C@@H]1O[C@H]1C. The number of ketones is 1. The maximum absolute atomic E-state index is 10.7. The smallest absolute Gasteiger partial charge is 0.163 e. The number of carbonyl (C=O) groups excluding carboxylic acids is 1. The zero-order valence-corrected chi connectivity index (χ0v) is 5.18. The number of carbonyl (C=O) groups is 1. The molecule has 0 aromatic carbocycles. The third kappa shape index (κ3) is 0.892. The third-order valence-corrected chi connectivity index (χ3v) is 1.38. The molecular formula is C6H10O2. The third-order valence-electron chi connectivity index (χ3n) is 1.38. The summed E-state index contributed by atoms with van der Waals surface area (Å²) in [6.45, 7) is 3.77. The molecule has 0 saturated carbocycles. The van der Waals surface area contributed by atoms with E-state index in [1.807, 2.05) is 13.8 Å². The highest BCUT2D eigenvalue weighted by molar-refractivity contribution is 5.85. The molecule has 0 aliphatic carbocycles.